The van der Waals surface area contributed by atoms with E-state index in [4.69, 9.17) is 4.74 Å². The number of anilines is 1. The molecule has 0 fully saturated rings. The Morgan fingerprint density at radius 3 is 2.72 bits per heavy atom. The van der Waals surface area contributed by atoms with Gasteiger partial charge in [0.05, 0.1) is 21.3 Å². The van der Waals surface area contributed by atoms with Crippen LogP contribution in [0.3, 0.4) is 0 Å². The number of ether oxygens (including phenoxy) is 1. The predicted molar refractivity (Wildman–Crippen MR) is 94.1 cm³/mol. The summed E-state index contributed by atoms with van der Waals surface area (Å²) in [6.45, 7) is 1.74. The molecule has 2 aromatic carbocycles. The van der Waals surface area contributed by atoms with E-state index in [9.17, 15) is 14.0 Å². The Morgan fingerprint density at radius 2 is 2.00 bits per heavy atom. The number of rotatable bonds is 5. The van der Waals surface area contributed by atoms with Crippen LogP contribution in [0.15, 0.2) is 48.0 Å². The minimum Gasteiger partial charge on any atom is -0.449 e. The molecule has 1 heterocycles. The summed E-state index contributed by atoms with van der Waals surface area (Å²) >= 11 is 1.42. The smallest absolute Gasteiger partial charge is 0.338 e. The largest absolute Gasteiger partial charge is 0.449 e. The summed E-state index contributed by atoms with van der Waals surface area (Å²) in [6.07, 6.45) is -0.614. The fraction of sp³-hybridized carbons (Fsp3) is 0.167. The lowest BCUT2D eigenvalue weighted by atomic mass is 10.2. The molecule has 1 amide bonds. The number of aromatic nitrogens is 1. The van der Waals surface area contributed by atoms with Crippen molar-refractivity contribution in [2.75, 3.05) is 5.32 Å². The highest BCUT2D eigenvalue weighted by molar-refractivity contribution is 7.16. The second-order valence-corrected chi connectivity index (χ2v) is 6.22. The van der Waals surface area contributed by atoms with Gasteiger partial charge in [0.2, 0.25) is 0 Å². The Balaban J connectivity index is 1.68. The van der Waals surface area contributed by atoms with Crippen LogP contribution in [0.5, 0.6) is 0 Å². The third-order valence-electron chi connectivity index (χ3n) is 3.59. The first-order valence-corrected chi connectivity index (χ1v) is 8.55. The maximum absolute atomic E-state index is 12.9. The van der Waals surface area contributed by atoms with E-state index in [0.29, 0.717) is 17.7 Å². The molecule has 3 rings (SSSR count). The summed E-state index contributed by atoms with van der Waals surface area (Å²) in [7, 11) is 0. The van der Waals surface area contributed by atoms with Gasteiger partial charge in [-0.25, -0.2) is 14.2 Å². The molecule has 1 aromatic heterocycles. The van der Waals surface area contributed by atoms with Crippen LogP contribution in [0.1, 0.15) is 23.7 Å². The molecule has 0 bridgehead atoms. The van der Waals surface area contributed by atoms with Crippen molar-refractivity contribution in [3.05, 3.63) is 59.4 Å². The average molecular weight is 358 g/mol. The van der Waals surface area contributed by atoms with Crippen LogP contribution >= 0.6 is 11.3 Å². The van der Waals surface area contributed by atoms with Crippen LogP contribution in [0.4, 0.5) is 10.1 Å². The maximum atomic E-state index is 12.9. The first kappa shape index (κ1) is 17.0. The van der Waals surface area contributed by atoms with Crippen LogP contribution in [0.2, 0.25) is 0 Å². The van der Waals surface area contributed by atoms with Crippen LogP contribution in [-0.4, -0.2) is 23.0 Å². The van der Waals surface area contributed by atoms with Crippen molar-refractivity contribution in [3.63, 3.8) is 0 Å². The zero-order valence-electron chi connectivity index (χ0n) is 13.4. The zero-order chi connectivity index (χ0) is 17.8. The molecule has 0 aliphatic carbocycles. The molecule has 0 unspecified atom stereocenters. The number of nitrogens with zero attached hydrogens (tertiary/aromatic N) is 1. The van der Waals surface area contributed by atoms with E-state index >= 15 is 0 Å². The van der Waals surface area contributed by atoms with Crippen molar-refractivity contribution >= 4 is 39.1 Å². The number of carbonyl (C=O) groups excluding carboxylic acids is 2. The highest BCUT2D eigenvalue weighted by Crippen LogP contribution is 2.20. The number of esters is 1. The Kier molecular flexibility index (Phi) is 5.04. The van der Waals surface area contributed by atoms with Gasteiger partial charge in [0.15, 0.2) is 6.10 Å². The van der Waals surface area contributed by atoms with Crippen molar-refractivity contribution < 1.29 is 18.7 Å². The average Bonchev–Trinajstić information content (AvgIpc) is 3.09. The molecule has 1 atom stereocenters. The van der Waals surface area contributed by atoms with Gasteiger partial charge in [-0.3, -0.25) is 4.79 Å². The van der Waals surface area contributed by atoms with Gasteiger partial charge < -0.3 is 10.1 Å². The number of amides is 1. The lowest BCUT2D eigenvalue weighted by Crippen LogP contribution is -2.32. The van der Waals surface area contributed by atoms with Crippen LogP contribution in [-0.2, 0) is 9.53 Å². The van der Waals surface area contributed by atoms with Crippen molar-refractivity contribution in [1.29, 1.82) is 0 Å². The predicted octanol–water partition coefficient (Wildman–Crippen LogP) is 4.01. The fourth-order valence-corrected chi connectivity index (χ4v) is 2.97. The summed E-state index contributed by atoms with van der Waals surface area (Å²) in [4.78, 5) is 28.7. The van der Waals surface area contributed by atoms with E-state index < -0.39 is 23.8 Å². The van der Waals surface area contributed by atoms with Crippen molar-refractivity contribution in [1.82, 2.24) is 4.98 Å². The number of hydrogen-bond donors (Lipinski definition) is 1. The molecular weight excluding hydrogens is 343 g/mol. The van der Waals surface area contributed by atoms with Gasteiger partial charge in [-0.1, -0.05) is 6.92 Å². The minimum absolute atomic E-state index is 0.321. The van der Waals surface area contributed by atoms with E-state index in [1.165, 1.54) is 35.6 Å². The zero-order valence-corrected chi connectivity index (χ0v) is 14.2. The van der Waals surface area contributed by atoms with Crippen molar-refractivity contribution in [2.24, 2.45) is 0 Å². The van der Waals surface area contributed by atoms with Crippen LogP contribution in [0.25, 0.3) is 10.2 Å². The van der Waals surface area contributed by atoms with Crippen LogP contribution in [0, 0.1) is 5.82 Å². The number of carbonyl (C=O) groups is 2. The molecule has 1 N–H and O–H groups in total. The van der Waals surface area contributed by atoms with E-state index in [2.05, 4.69) is 10.3 Å². The number of nitrogens with one attached hydrogen (secondary N) is 1. The van der Waals surface area contributed by atoms with E-state index in [0.717, 1.165) is 10.2 Å². The first-order valence-electron chi connectivity index (χ1n) is 7.67. The third kappa shape index (κ3) is 4.00. The lowest BCUT2D eigenvalue weighted by molar-refractivity contribution is -0.124. The molecular formula is C18H15FN2O3S. The lowest BCUT2D eigenvalue weighted by Gasteiger charge is -2.16. The van der Waals surface area contributed by atoms with Crippen LogP contribution < -0.4 is 5.32 Å². The molecule has 3 aromatic rings. The Hall–Kier alpha value is -2.80. The number of thiazole rings is 1. The monoisotopic (exact) mass is 358 g/mol. The molecule has 0 saturated heterocycles. The number of benzene rings is 2. The summed E-state index contributed by atoms with van der Waals surface area (Å²) in [5.41, 5.74) is 3.31. The SMILES string of the molecule is CC[C@@H](OC(=O)c1ccc2ncsc2c1)C(=O)Nc1ccc(F)cc1. The highest BCUT2D eigenvalue weighted by Gasteiger charge is 2.22. The first-order chi connectivity index (χ1) is 12.1. The number of halogens is 1. The number of hydrogen-bond acceptors (Lipinski definition) is 5. The fourth-order valence-electron chi connectivity index (χ4n) is 2.26. The standard InChI is InChI=1S/C18H15FN2O3S/c1-2-15(17(22)21-13-6-4-12(19)5-7-13)24-18(23)11-3-8-14-16(9-11)25-10-20-14/h3-10,15H,2H2,1H3,(H,21,22)/t15-/m1/s1. The second kappa shape index (κ2) is 7.40. The maximum Gasteiger partial charge on any atom is 0.338 e. The third-order valence-corrected chi connectivity index (χ3v) is 4.38. The van der Waals surface area contributed by atoms with Gasteiger partial charge >= 0.3 is 5.97 Å². The summed E-state index contributed by atoms with van der Waals surface area (Å²) in [5.74, 6) is -1.42. The molecule has 0 aliphatic rings. The normalized spacial score (nSPS) is 11.9. The van der Waals surface area contributed by atoms with Gasteiger partial charge in [0.1, 0.15) is 5.82 Å². The highest BCUT2D eigenvalue weighted by atomic mass is 32.1. The minimum atomic E-state index is -0.935. The van der Waals surface area contributed by atoms with Gasteiger partial charge in [-0.15, -0.1) is 11.3 Å². The van der Waals surface area contributed by atoms with Gasteiger partial charge in [-0.2, -0.15) is 0 Å². The van der Waals surface area contributed by atoms with E-state index in [1.54, 1.807) is 30.6 Å². The summed E-state index contributed by atoms with van der Waals surface area (Å²) < 4.78 is 19.1. The molecule has 7 heteroatoms. The van der Waals surface area contributed by atoms with Crippen molar-refractivity contribution in [3.8, 4) is 0 Å². The molecule has 0 saturated carbocycles. The second-order valence-electron chi connectivity index (χ2n) is 5.33. The molecule has 5 nitrogen and oxygen atoms in total. The molecule has 0 aliphatic heterocycles. The molecule has 0 radical (unpaired) electrons. The topological polar surface area (TPSA) is 68.3 Å². The summed E-state index contributed by atoms with van der Waals surface area (Å²) in [5, 5.41) is 2.61. The van der Waals surface area contributed by atoms with Gasteiger partial charge in [0.25, 0.3) is 5.91 Å². The Bertz CT molecular complexity index is 908. The quantitative estimate of drug-likeness (QED) is 0.700. The van der Waals surface area contributed by atoms with Crippen molar-refractivity contribution in [2.45, 2.75) is 19.4 Å². The van der Waals surface area contributed by atoms with Gasteiger partial charge in [0, 0.05) is 5.69 Å². The summed E-state index contributed by atoms with van der Waals surface area (Å²) in [6, 6.07) is 10.4. The Morgan fingerprint density at radius 1 is 1.24 bits per heavy atom. The molecule has 25 heavy (non-hydrogen) atoms. The Labute approximate surface area is 147 Å². The molecule has 0 spiro atoms. The van der Waals surface area contributed by atoms with E-state index in [-0.39, 0.29) is 0 Å². The number of fused-ring (bicyclic) bond motifs is 1. The van der Waals surface area contributed by atoms with Gasteiger partial charge in [-0.05, 0) is 48.9 Å². The van der Waals surface area contributed by atoms with E-state index in [1.807, 2.05) is 0 Å². The molecule has 128 valence electrons.